The van der Waals surface area contributed by atoms with E-state index in [0.717, 1.165) is 47.1 Å². The van der Waals surface area contributed by atoms with Crippen molar-refractivity contribution in [3.63, 3.8) is 0 Å². The second-order valence-electron chi connectivity index (χ2n) is 7.98. The number of carboxylic acid groups (broad SMARTS) is 1. The van der Waals surface area contributed by atoms with E-state index >= 15 is 0 Å². The van der Waals surface area contributed by atoms with E-state index < -0.39 is 17.7 Å². The number of aromatic amines is 1. The van der Waals surface area contributed by atoms with E-state index in [9.17, 15) is 18.0 Å². The van der Waals surface area contributed by atoms with Crippen LogP contribution in [0.15, 0.2) is 40.9 Å². The van der Waals surface area contributed by atoms with E-state index in [1.165, 1.54) is 13.2 Å². The lowest BCUT2D eigenvalue weighted by Gasteiger charge is -2.09. The molecule has 7 nitrogen and oxygen atoms in total. The summed E-state index contributed by atoms with van der Waals surface area (Å²) in [6.07, 6.45) is -2.96. The average Bonchev–Trinajstić information content (AvgIpc) is 3.48. The van der Waals surface area contributed by atoms with Crippen molar-refractivity contribution >= 4 is 16.9 Å². The molecule has 0 aliphatic heterocycles. The van der Waals surface area contributed by atoms with Gasteiger partial charge in [0, 0.05) is 33.6 Å². The topological polar surface area (TPSA) is 101 Å². The minimum absolute atomic E-state index is 0.0276. The summed E-state index contributed by atoms with van der Waals surface area (Å²) in [6, 6.07) is 8.75. The summed E-state index contributed by atoms with van der Waals surface area (Å²) in [5, 5.41) is 14.0. The molecule has 33 heavy (non-hydrogen) atoms. The highest BCUT2D eigenvalue weighted by Crippen LogP contribution is 2.41. The molecule has 1 aliphatic rings. The van der Waals surface area contributed by atoms with Crippen molar-refractivity contribution in [3.05, 3.63) is 53.2 Å². The molecule has 0 fully saturated rings. The van der Waals surface area contributed by atoms with Crippen LogP contribution < -0.4 is 4.74 Å². The Morgan fingerprint density at radius 3 is 2.79 bits per heavy atom. The molecule has 2 N–H and O–H groups in total. The predicted molar refractivity (Wildman–Crippen MR) is 112 cm³/mol. The molecular formula is C23H18F3N3O4. The summed E-state index contributed by atoms with van der Waals surface area (Å²) in [7, 11) is 1.28. The number of benzene rings is 2. The monoisotopic (exact) mass is 457 g/mol. The van der Waals surface area contributed by atoms with Crippen LogP contribution in [0, 0.1) is 0 Å². The number of fused-ring (bicyclic) bond motifs is 3. The molecule has 10 heteroatoms. The van der Waals surface area contributed by atoms with Gasteiger partial charge in [-0.3, -0.25) is 4.79 Å². The van der Waals surface area contributed by atoms with Crippen LogP contribution in [-0.4, -0.2) is 33.3 Å². The first kappa shape index (κ1) is 21.0. The lowest BCUT2D eigenvalue weighted by Crippen LogP contribution is -2.05. The van der Waals surface area contributed by atoms with Gasteiger partial charge in [0.2, 0.25) is 5.82 Å². The number of halogens is 3. The third kappa shape index (κ3) is 3.81. The second kappa shape index (κ2) is 7.65. The van der Waals surface area contributed by atoms with Crippen molar-refractivity contribution in [2.24, 2.45) is 0 Å². The summed E-state index contributed by atoms with van der Waals surface area (Å²) < 4.78 is 50.0. The van der Waals surface area contributed by atoms with Crippen molar-refractivity contribution in [1.29, 1.82) is 0 Å². The van der Waals surface area contributed by atoms with Gasteiger partial charge in [0.1, 0.15) is 5.75 Å². The zero-order valence-corrected chi connectivity index (χ0v) is 17.4. The number of methoxy groups -OCH3 is 1. The number of nitrogens with zero attached hydrogens (tertiary/aromatic N) is 2. The van der Waals surface area contributed by atoms with Crippen molar-refractivity contribution in [1.82, 2.24) is 15.1 Å². The minimum Gasteiger partial charge on any atom is -0.497 e. The number of carboxylic acids is 1. The van der Waals surface area contributed by atoms with Gasteiger partial charge in [-0.15, -0.1) is 0 Å². The SMILES string of the molecule is COc1cc(-c2nc(-c3ccc4[nH]c5c(c4c3)CCC5CC(=O)O)no2)cc(C(F)(F)F)c1. The molecule has 1 unspecified atom stereocenters. The van der Waals surface area contributed by atoms with Gasteiger partial charge in [0.25, 0.3) is 5.89 Å². The van der Waals surface area contributed by atoms with Crippen LogP contribution in [0.1, 0.15) is 35.6 Å². The van der Waals surface area contributed by atoms with E-state index in [1.54, 1.807) is 6.07 Å². The van der Waals surface area contributed by atoms with Crippen LogP contribution >= 0.6 is 0 Å². The maximum atomic E-state index is 13.2. The summed E-state index contributed by atoms with van der Waals surface area (Å²) >= 11 is 0. The Labute approximate surface area is 185 Å². The number of ether oxygens (including phenoxy) is 1. The van der Waals surface area contributed by atoms with Crippen LogP contribution in [0.5, 0.6) is 5.75 Å². The van der Waals surface area contributed by atoms with Gasteiger partial charge in [-0.1, -0.05) is 5.16 Å². The largest absolute Gasteiger partial charge is 0.497 e. The number of alkyl halides is 3. The first-order chi connectivity index (χ1) is 15.7. The minimum atomic E-state index is -4.55. The van der Waals surface area contributed by atoms with Crippen LogP contribution in [0.4, 0.5) is 13.2 Å². The molecule has 0 spiro atoms. The Kier molecular flexibility index (Phi) is 4.88. The molecule has 2 aromatic heterocycles. The maximum absolute atomic E-state index is 13.2. The Balaban J connectivity index is 1.51. The van der Waals surface area contributed by atoms with Crippen molar-refractivity contribution < 1.29 is 32.3 Å². The summed E-state index contributed by atoms with van der Waals surface area (Å²) in [5.74, 6) is -0.688. The van der Waals surface area contributed by atoms with Gasteiger partial charge >= 0.3 is 12.1 Å². The third-order valence-corrected chi connectivity index (χ3v) is 5.91. The Hall–Kier alpha value is -3.82. The van der Waals surface area contributed by atoms with Crippen molar-refractivity contribution in [2.75, 3.05) is 7.11 Å². The molecule has 0 saturated carbocycles. The number of aryl methyl sites for hydroxylation is 1. The van der Waals surface area contributed by atoms with Crippen LogP contribution in [0.2, 0.25) is 0 Å². The standard InChI is InChI=1S/C23H18F3N3O4/c1-32-15-7-13(6-14(10-15)23(24,25)26)22-28-21(29-33-22)12-3-5-18-17(8-12)16-4-2-11(9-19(30)31)20(16)27-18/h3,5-8,10-11,27H,2,4,9H2,1H3,(H,30,31). The van der Waals surface area contributed by atoms with Crippen LogP contribution in [-0.2, 0) is 17.4 Å². The molecule has 1 atom stereocenters. The molecule has 0 amide bonds. The fraction of sp³-hybridized carbons (Fsp3) is 0.261. The normalized spacial score (nSPS) is 15.7. The lowest BCUT2D eigenvalue weighted by atomic mass is 10.0. The van der Waals surface area contributed by atoms with E-state index in [0.29, 0.717) is 5.56 Å². The number of carbonyl (C=O) groups is 1. The summed E-state index contributed by atoms with van der Waals surface area (Å²) in [6.45, 7) is 0. The smallest absolute Gasteiger partial charge is 0.416 e. The second-order valence-corrected chi connectivity index (χ2v) is 7.98. The highest BCUT2D eigenvalue weighted by atomic mass is 19.4. The van der Waals surface area contributed by atoms with E-state index in [1.807, 2.05) is 12.1 Å². The molecule has 2 aromatic carbocycles. The Bertz CT molecular complexity index is 1370. The Morgan fingerprint density at radius 1 is 1.24 bits per heavy atom. The summed E-state index contributed by atoms with van der Waals surface area (Å²) in [5.41, 5.74) is 2.75. The van der Waals surface area contributed by atoms with Gasteiger partial charge in [-0.25, -0.2) is 0 Å². The molecule has 4 aromatic rings. The molecule has 0 bridgehead atoms. The number of rotatable bonds is 5. The zero-order valence-electron chi connectivity index (χ0n) is 17.4. The van der Waals surface area contributed by atoms with Crippen LogP contribution in [0.3, 0.4) is 0 Å². The number of hydrogen-bond acceptors (Lipinski definition) is 5. The highest BCUT2D eigenvalue weighted by Gasteiger charge is 2.32. The molecular weight excluding hydrogens is 439 g/mol. The molecule has 0 saturated heterocycles. The molecule has 5 rings (SSSR count). The number of H-pyrrole nitrogens is 1. The molecule has 2 heterocycles. The molecule has 1 aliphatic carbocycles. The predicted octanol–water partition coefficient (Wildman–Crippen LogP) is 5.42. The number of nitrogens with one attached hydrogen (secondary N) is 1. The number of aliphatic carboxylic acids is 1. The number of hydrogen-bond donors (Lipinski definition) is 2. The van der Waals surface area contributed by atoms with Gasteiger partial charge in [0.05, 0.1) is 19.1 Å². The first-order valence-corrected chi connectivity index (χ1v) is 10.2. The van der Waals surface area contributed by atoms with Gasteiger partial charge in [-0.05, 0) is 54.8 Å². The van der Waals surface area contributed by atoms with Crippen LogP contribution in [0.25, 0.3) is 33.7 Å². The van der Waals surface area contributed by atoms with Gasteiger partial charge < -0.3 is 19.4 Å². The molecule has 0 radical (unpaired) electrons. The van der Waals surface area contributed by atoms with E-state index in [2.05, 4.69) is 15.1 Å². The van der Waals surface area contributed by atoms with Gasteiger partial charge in [-0.2, -0.15) is 18.2 Å². The quantitative estimate of drug-likeness (QED) is 0.415. The average molecular weight is 457 g/mol. The van der Waals surface area contributed by atoms with E-state index in [4.69, 9.17) is 14.4 Å². The number of aromatic nitrogens is 3. The fourth-order valence-corrected chi connectivity index (χ4v) is 4.37. The Morgan fingerprint density at radius 2 is 2.06 bits per heavy atom. The third-order valence-electron chi connectivity index (χ3n) is 5.91. The fourth-order valence-electron chi connectivity index (χ4n) is 4.37. The zero-order chi connectivity index (χ0) is 23.3. The van der Waals surface area contributed by atoms with E-state index in [-0.39, 0.29) is 35.4 Å². The molecule has 170 valence electrons. The van der Waals surface area contributed by atoms with Crippen molar-refractivity contribution in [2.45, 2.75) is 31.4 Å². The first-order valence-electron chi connectivity index (χ1n) is 10.2. The van der Waals surface area contributed by atoms with Crippen molar-refractivity contribution in [3.8, 4) is 28.6 Å². The lowest BCUT2D eigenvalue weighted by molar-refractivity contribution is -0.138. The van der Waals surface area contributed by atoms with Gasteiger partial charge in [0.15, 0.2) is 0 Å². The highest BCUT2D eigenvalue weighted by molar-refractivity contribution is 5.89. The maximum Gasteiger partial charge on any atom is 0.416 e. The summed E-state index contributed by atoms with van der Waals surface area (Å²) in [4.78, 5) is 18.8.